The summed E-state index contributed by atoms with van der Waals surface area (Å²) in [6, 6.07) is 16.1. The molecule has 0 amide bonds. The van der Waals surface area contributed by atoms with E-state index in [4.69, 9.17) is 4.74 Å². The highest BCUT2D eigenvalue weighted by atomic mass is 19.3. The van der Waals surface area contributed by atoms with Crippen LogP contribution >= 0.6 is 0 Å². The van der Waals surface area contributed by atoms with Crippen LogP contribution in [0.3, 0.4) is 0 Å². The number of nitrogens with zero attached hydrogens (tertiary/aromatic N) is 1. The van der Waals surface area contributed by atoms with E-state index in [2.05, 4.69) is 0 Å². The van der Waals surface area contributed by atoms with Crippen molar-refractivity contribution in [3.8, 4) is 5.75 Å². The van der Waals surface area contributed by atoms with Crippen molar-refractivity contribution in [3.05, 3.63) is 65.7 Å². The topological polar surface area (TPSA) is 12.5 Å². The third-order valence-electron chi connectivity index (χ3n) is 4.41. The van der Waals surface area contributed by atoms with Crippen molar-refractivity contribution in [2.45, 2.75) is 17.8 Å². The lowest BCUT2D eigenvalue weighted by atomic mass is 9.87. The van der Waals surface area contributed by atoms with Crippen molar-refractivity contribution >= 4 is 0 Å². The molecule has 2 aromatic rings. The molecule has 0 radical (unpaired) electrons. The molecule has 1 aliphatic carbocycles. The number of alkyl halides is 2. The average Bonchev–Trinajstić information content (AvgIpc) is 3.12. The van der Waals surface area contributed by atoms with Gasteiger partial charge in [-0.15, -0.1) is 0 Å². The molecule has 0 spiro atoms. The van der Waals surface area contributed by atoms with E-state index >= 15 is 0 Å². The van der Waals surface area contributed by atoms with Crippen molar-refractivity contribution in [2.24, 2.45) is 0 Å². The summed E-state index contributed by atoms with van der Waals surface area (Å²) in [4.78, 5) is 2.03. The van der Waals surface area contributed by atoms with Gasteiger partial charge in [0, 0.05) is 13.0 Å². The largest absolute Gasteiger partial charge is 0.492 e. The summed E-state index contributed by atoms with van der Waals surface area (Å²) in [5.41, 5.74) is 0.135. The maximum atomic E-state index is 14.2. The third kappa shape index (κ3) is 2.95. The summed E-state index contributed by atoms with van der Waals surface area (Å²) in [5.74, 6) is -1.98. The van der Waals surface area contributed by atoms with Gasteiger partial charge in [0.2, 0.25) is 0 Å². The molecule has 0 saturated heterocycles. The molecule has 4 heteroatoms. The Morgan fingerprint density at radius 3 is 2.04 bits per heavy atom. The molecule has 1 aliphatic rings. The van der Waals surface area contributed by atoms with E-state index in [1.807, 2.05) is 37.2 Å². The van der Waals surface area contributed by atoms with Crippen LogP contribution in [0.2, 0.25) is 0 Å². The molecule has 1 atom stereocenters. The molecular weight excluding hydrogens is 296 g/mol. The van der Waals surface area contributed by atoms with Gasteiger partial charge in [0.05, 0.1) is 5.41 Å². The number of hydrogen-bond acceptors (Lipinski definition) is 2. The molecule has 0 N–H and O–H groups in total. The molecule has 0 bridgehead atoms. The van der Waals surface area contributed by atoms with E-state index in [0.717, 1.165) is 6.54 Å². The molecule has 1 fully saturated rings. The Morgan fingerprint density at radius 2 is 1.52 bits per heavy atom. The lowest BCUT2D eigenvalue weighted by Gasteiger charge is -2.18. The Morgan fingerprint density at radius 1 is 0.957 bits per heavy atom. The SMILES string of the molecule is CN(C)CCOc1ccc([C@@]2(c3ccccc3)CC2(F)F)cc1. The third-order valence-corrected chi connectivity index (χ3v) is 4.41. The first kappa shape index (κ1) is 15.9. The first-order valence-electron chi connectivity index (χ1n) is 7.77. The summed E-state index contributed by atoms with van der Waals surface area (Å²) in [6.07, 6.45) is -0.134. The molecular formula is C19H21F2NO. The fourth-order valence-corrected chi connectivity index (χ4v) is 2.99. The van der Waals surface area contributed by atoms with Crippen LogP contribution in [0.1, 0.15) is 17.5 Å². The van der Waals surface area contributed by atoms with Gasteiger partial charge in [-0.1, -0.05) is 42.5 Å². The van der Waals surface area contributed by atoms with E-state index in [9.17, 15) is 8.78 Å². The van der Waals surface area contributed by atoms with Gasteiger partial charge in [0.25, 0.3) is 5.92 Å². The van der Waals surface area contributed by atoms with Gasteiger partial charge in [-0.05, 0) is 37.4 Å². The Bertz CT molecular complexity index is 655. The Kier molecular flexibility index (Phi) is 4.11. The number of rotatable bonds is 6. The first-order valence-corrected chi connectivity index (χ1v) is 7.77. The molecule has 0 heterocycles. The van der Waals surface area contributed by atoms with Gasteiger partial charge >= 0.3 is 0 Å². The monoisotopic (exact) mass is 317 g/mol. The molecule has 3 rings (SSSR count). The van der Waals surface area contributed by atoms with Gasteiger partial charge in [0.15, 0.2) is 0 Å². The van der Waals surface area contributed by atoms with Gasteiger partial charge in [0.1, 0.15) is 12.4 Å². The molecule has 122 valence electrons. The van der Waals surface area contributed by atoms with Gasteiger partial charge in [-0.25, -0.2) is 8.78 Å². The van der Waals surface area contributed by atoms with Crippen LogP contribution in [0.4, 0.5) is 8.78 Å². The van der Waals surface area contributed by atoms with E-state index in [1.54, 1.807) is 36.4 Å². The minimum Gasteiger partial charge on any atom is -0.492 e. The lowest BCUT2D eigenvalue weighted by Crippen LogP contribution is -2.20. The van der Waals surface area contributed by atoms with Crippen molar-refractivity contribution in [2.75, 3.05) is 27.2 Å². The maximum Gasteiger partial charge on any atom is 0.263 e. The highest BCUT2D eigenvalue weighted by molar-refractivity contribution is 5.51. The standard InChI is InChI=1S/C19H21F2NO/c1-22(2)12-13-23-17-10-8-16(9-11-17)18(14-19(18,20)21)15-6-4-3-5-7-15/h3-11H,12-14H2,1-2H3/t18-/m0/s1. The minimum atomic E-state index is -2.69. The Labute approximate surface area is 135 Å². The number of hydrogen-bond donors (Lipinski definition) is 0. The van der Waals surface area contributed by atoms with Gasteiger partial charge in [-0.2, -0.15) is 0 Å². The summed E-state index contributed by atoms with van der Waals surface area (Å²) < 4.78 is 34.0. The predicted octanol–water partition coefficient (Wildman–Crippen LogP) is 3.95. The number of halogens is 2. The minimum absolute atomic E-state index is 0.134. The van der Waals surface area contributed by atoms with Crippen LogP contribution in [0, 0.1) is 0 Å². The normalized spacial score (nSPS) is 22.1. The van der Waals surface area contributed by atoms with Crippen LogP contribution in [0.25, 0.3) is 0 Å². The highest BCUT2D eigenvalue weighted by Gasteiger charge is 2.72. The van der Waals surface area contributed by atoms with E-state index < -0.39 is 11.3 Å². The molecule has 0 aromatic heterocycles. The van der Waals surface area contributed by atoms with Gasteiger partial charge in [-0.3, -0.25) is 0 Å². The maximum absolute atomic E-state index is 14.2. The number of likely N-dealkylation sites (N-methyl/N-ethyl adjacent to an activating group) is 1. The summed E-state index contributed by atoms with van der Waals surface area (Å²) in [7, 11) is 3.95. The highest BCUT2D eigenvalue weighted by Crippen LogP contribution is 2.65. The van der Waals surface area contributed by atoms with Crippen molar-refractivity contribution in [1.82, 2.24) is 4.90 Å². The molecule has 23 heavy (non-hydrogen) atoms. The molecule has 0 aliphatic heterocycles. The zero-order chi connectivity index (χ0) is 16.5. The van der Waals surface area contributed by atoms with Gasteiger partial charge < -0.3 is 9.64 Å². The van der Waals surface area contributed by atoms with E-state index in [1.165, 1.54) is 0 Å². The zero-order valence-electron chi connectivity index (χ0n) is 13.4. The summed E-state index contributed by atoms with van der Waals surface area (Å²) >= 11 is 0. The molecule has 0 unspecified atom stereocenters. The molecule has 1 saturated carbocycles. The lowest BCUT2D eigenvalue weighted by molar-refractivity contribution is 0.0966. The fraction of sp³-hybridized carbons (Fsp3) is 0.368. The molecule has 2 nitrogen and oxygen atoms in total. The van der Waals surface area contributed by atoms with Crippen LogP contribution in [-0.4, -0.2) is 38.1 Å². The number of ether oxygens (including phenoxy) is 1. The van der Waals surface area contributed by atoms with Crippen molar-refractivity contribution in [1.29, 1.82) is 0 Å². The number of benzene rings is 2. The second kappa shape index (κ2) is 5.93. The smallest absolute Gasteiger partial charge is 0.263 e. The summed E-state index contributed by atoms with van der Waals surface area (Å²) in [5, 5.41) is 0. The zero-order valence-corrected chi connectivity index (χ0v) is 13.4. The Balaban J connectivity index is 1.80. The summed E-state index contributed by atoms with van der Waals surface area (Å²) in [6.45, 7) is 1.39. The van der Waals surface area contributed by atoms with Crippen LogP contribution in [-0.2, 0) is 5.41 Å². The van der Waals surface area contributed by atoms with Crippen molar-refractivity contribution in [3.63, 3.8) is 0 Å². The van der Waals surface area contributed by atoms with Crippen LogP contribution < -0.4 is 4.74 Å². The predicted molar refractivity (Wildman–Crippen MR) is 87.3 cm³/mol. The van der Waals surface area contributed by atoms with E-state index in [-0.39, 0.29) is 6.42 Å². The quantitative estimate of drug-likeness (QED) is 0.800. The Hall–Kier alpha value is -1.94. The average molecular weight is 317 g/mol. The second-order valence-electron chi connectivity index (χ2n) is 6.33. The van der Waals surface area contributed by atoms with Crippen LogP contribution in [0.15, 0.2) is 54.6 Å². The van der Waals surface area contributed by atoms with Crippen LogP contribution in [0.5, 0.6) is 5.75 Å². The first-order chi connectivity index (χ1) is 11.0. The molecule has 2 aromatic carbocycles. The van der Waals surface area contributed by atoms with Crippen molar-refractivity contribution < 1.29 is 13.5 Å². The fourth-order valence-electron chi connectivity index (χ4n) is 2.99. The second-order valence-corrected chi connectivity index (χ2v) is 6.33. The van der Waals surface area contributed by atoms with E-state index in [0.29, 0.717) is 23.5 Å².